The summed E-state index contributed by atoms with van der Waals surface area (Å²) in [6, 6.07) is 2.04. The number of nitriles is 1. The van der Waals surface area contributed by atoms with E-state index in [9.17, 15) is 8.42 Å². The maximum Gasteiger partial charge on any atom is 0.214 e. The van der Waals surface area contributed by atoms with Gasteiger partial charge in [-0.2, -0.15) is 5.26 Å². The molecule has 4 nitrogen and oxygen atoms in total. The van der Waals surface area contributed by atoms with Crippen LogP contribution in [0.15, 0.2) is 0 Å². The topological polar surface area (TPSA) is 70.0 Å². The second-order valence-electron chi connectivity index (χ2n) is 3.07. The first-order valence-electron chi connectivity index (χ1n) is 3.89. The average molecular weight is 188 g/mol. The van der Waals surface area contributed by atoms with Crippen molar-refractivity contribution >= 4 is 10.0 Å². The van der Waals surface area contributed by atoms with Crippen molar-refractivity contribution in [2.45, 2.75) is 24.5 Å². The molecule has 0 bridgehead atoms. The Morgan fingerprint density at radius 2 is 2.17 bits per heavy atom. The summed E-state index contributed by atoms with van der Waals surface area (Å²) in [4.78, 5) is 0. The SMILES string of the molecule is CNS(=O)(=O)[C@H]1C[C@@H](CC#N)C1. The molecule has 0 radical (unpaired) electrons. The van der Waals surface area contributed by atoms with Gasteiger partial charge in [0.25, 0.3) is 0 Å². The molecule has 1 saturated carbocycles. The molecule has 0 unspecified atom stereocenters. The fourth-order valence-electron chi connectivity index (χ4n) is 1.39. The Bertz CT molecular complexity index is 285. The summed E-state index contributed by atoms with van der Waals surface area (Å²) in [6.07, 6.45) is 1.75. The Hall–Kier alpha value is -0.600. The molecular weight excluding hydrogens is 176 g/mol. The molecule has 0 saturated heterocycles. The van der Waals surface area contributed by atoms with Crippen LogP contribution in [-0.2, 0) is 10.0 Å². The van der Waals surface area contributed by atoms with Crippen molar-refractivity contribution in [3.8, 4) is 6.07 Å². The lowest BCUT2D eigenvalue weighted by Gasteiger charge is -2.32. The lowest BCUT2D eigenvalue weighted by atomic mass is 9.83. The molecule has 0 aromatic carbocycles. The molecule has 0 aromatic rings. The summed E-state index contributed by atoms with van der Waals surface area (Å²) in [6.45, 7) is 0. The number of hydrogen-bond acceptors (Lipinski definition) is 3. The Morgan fingerprint density at radius 3 is 2.58 bits per heavy atom. The molecule has 1 aliphatic carbocycles. The highest BCUT2D eigenvalue weighted by atomic mass is 32.2. The predicted octanol–water partition coefficient (Wildman–Crippen LogP) is 0.228. The zero-order valence-electron chi connectivity index (χ0n) is 6.95. The van der Waals surface area contributed by atoms with Crippen molar-refractivity contribution in [1.82, 2.24) is 4.72 Å². The van der Waals surface area contributed by atoms with Gasteiger partial charge >= 0.3 is 0 Å². The Kier molecular flexibility index (Phi) is 2.70. The van der Waals surface area contributed by atoms with Gasteiger partial charge in [-0.05, 0) is 25.8 Å². The van der Waals surface area contributed by atoms with Crippen LogP contribution in [0.5, 0.6) is 0 Å². The molecule has 68 valence electrons. The van der Waals surface area contributed by atoms with Crippen LogP contribution in [0, 0.1) is 17.2 Å². The first-order valence-corrected chi connectivity index (χ1v) is 5.44. The van der Waals surface area contributed by atoms with E-state index < -0.39 is 10.0 Å². The van der Waals surface area contributed by atoms with Gasteiger partial charge in [0.05, 0.1) is 11.3 Å². The molecule has 12 heavy (non-hydrogen) atoms. The zero-order chi connectivity index (χ0) is 9.19. The van der Waals surface area contributed by atoms with Gasteiger partial charge in [0, 0.05) is 6.42 Å². The number of rotatable bonds is 3. The van der Waals surface area contributed by atoms with Crippen molar-refractivity contribution in [2.24, 2.45) is 5.92 Å². The molecule has 0 atom stereocenters. The lowest BCUT2D eigenvalue weighted by molar-refractivity contribution is 0.320. The van der Waals surface area contributed by atoms with E-state index >= 15 is 0 Å². The van der Waals surface area contributed by atoms with E-state index in [0.717, 1.165) is 0 Å². The Labute approximate surface area is 72.6 Å². The quantitative estimate of drug-likeness (QED) is 0.689. The highest BCUT2D eigenvalue weighted by Crippen LogP contribution is 2.34. The summed E-state index contributed by atoms with van der Waals surface area (Å²) < 4.78 is 24.6. The third-order valence-corrected chi connectivity index (χ3v) is 4.13. The fraction of sp³-hybridized carbons (Fsp3) is 0.857. The van der Waals surface area contributed by atoms with E-state index in [1.54, 1.807) is 0 Å². The molecule has 1 rings (SSSR count). The zero-order valence-corrected chi connectivity index (χ0v) is 7.76. The van der Waals surface area contributed by atoms with Crippen molar-refractivity contribution in [1.29, 1.82) is 5.26 Å². The normalized spacial score (nSPS) is 29.0. The van der Waals surface area contributed by atoms with E-state index in [1.165, 1.54) is 7.05 Å². The summed E-state index contributed by atoms with van der Waals surface area (Å²) in [5, 5.41) is 8.07. The van der Waals surface area contributed by atoms with Crippen LogP contribution < -0.4 is 4.72 Å². The van der Waals surface area contributed by atoms with E-state index in [-0.39, 0.29) is 5.25 Å². The van der Waals surface area contributed by atoms with Gasteiger partial charge in [-0.25, -0.2) is 13.1 Å². The van der Waals surface area contributed by atoms with Crippen LogP contribution in [0.4, 0.5) is 0 Å². The van der Waals surface area contributed by atoms with Crippen LogP contribution in [0.1, 0.15) is 19.3 Å². The minimum absolute atomic E-state index is 0.263. The Balaban J connectivity index is 2.41. The summed E-state index contributed by atoms with van der Waals surface area (Å²) in [7, 11) is -1.65. The van der Waals surface area contributed by atoms with Crippen LogP contribution in [0.25, 0.3) is 0 Å². The molecule has 0 aliphatic heterocycles. The van der Waals surface area contributed by atoms with Gasteiger partial charge in [-0.15, -0.1) is 0 Å². The average Bonchev–Trinajstić information content (AvgIpc) is 1.95. The predicted molar refractivity (Wildman–Crippen MR) is 44.7 cm³/mol. The highest BCUT2D eigenvalue weighted by molar-refractivity contribution is 7.90. The summed E-state index contributed by atoms with van der Waals surface area (Å²) in [5.74, 6) is 0.295. The molecule has 1 aliphatic rings. The summed E-state index contributed by atoms with van der Waals surface area (Å²) in [5.41, 5.74) is 0. The third kappa shape index (κ3) is 1.76. The van der Waals surface area contributed by atoms with Gasteiger partial charge in [-0.3, -0.25) is 0 Å². The molecule has 1 fully saturated rings. The van der Waals surface area contributed by atoms with Crippen LogP contribution in [0.3, 0.4) is 0 Å². The largest absolute Gasteiger partial charge is 0.218 e. The molecule has 0 heterocycles. The number of nitrogens with zero attached hydrogens (tertiary/aromatic N) is 1. The van der Waals surface area contributed by atoms with Crippen LogP contribution >= 0.6 is 0 Å². The maximum atomic E-state index is 11.1. The Morgan fingerprint density at radius 1 is 1.58 bits per heavy atom. The minimum Gasteiger partial charge on any atom is -0.218 e. The number of sulfonamides is 1. The van der Waals surface area contributed by atoms with Crippen molar-refractivity contribution in [3.05, 3.63) is 0 Å². The molecule has 5 heteroatoms. The molecule has 0 amide bonds. The third-order valence-electron chi connectivity index (χ3n) is 2.30. The number of hydrogen-bond donors (Lipinski definition) is 1. The first kappa shape index (κ1) is 9.49. The maximum absolute atomic E-state index is 11.1. The van der Waals surface area contributed by atoms with Gasteiger partial charge in [0.15, 0.2) is 0 Å². The lowest BCUT2D eigenvalue weighted by Crippen LogP contribution is -2.41. The molecular formula is C7H12N2O2S. The second kappa shape index (κ2) is 3.42. The van der Waals surface area contributed by atoms with Gasteiger partial charge in [0.1, 0.15) is 0 Å². The van der Waals surface area contributed by atoms with Crippen molar-refractivity contribution in [2.75, 3.05) is 7.05 Å². The van der Waals surface area contributed by atoms with Gasteiger partial charge < -0.3 is 0 Å². The van der Waals surface area contributed by atoms with Gasteiger partial charge in [-0.1, -0.05) is 0 Å². The number of nitrogens with one attached hydrogen (secondary N) is 1. The first-order chi connectivity index (χ1) is 5.60. The molecule has 0 spiro atoms. The smallest absolute Gasteiger partial charge is 0.214 e. The summed E-state index contributed by atoms with van der Waals surface area (Å²) >= 11 is 0. The monoisotopic (exact) mass is 188 g/mol. The fourth-order valence-corrected chi connectivity index (χ4v) is 2.77. The van der Waals surface area contributed by atoms with Crippen molar-refractivity contribution < 1.29 is 8.42 Å². The van der Waals surface area contributed by atoms with E-state index in [2.05, 4.69) is 4.72 Å². The second-order valence-corrected chi connectivity index (χ2v) is 5.24. The molecule has 1 N–H and O–H groups in total. The van der Waals surface area contributed by atoms with Gasteiger partial charge in [0.2, 0.25) is 10.0 Å². The van der Waals surface area contributed by atoms with E-state index in [4.69, 9.17) is 5.26 Å². The van der Waals surface area contributed by atoms with Crippen molar-refractivity contribution in [3.63, 3.8) is 0 Å². The van der Waals surface area contributed by atoms with E-state index in [1.807, 2.05) is 6.07 Å². The van der Waals surface area contributed by atoms with E-state index in [0.29, 0.717) is 25.2 Å². The molecule has 0 aromatic heterocycles. The highest BCUT2D eigenvalue weighted by Gasteiger charge is 2.37. The minimum atomic E-state index is -3.07. The van der Waals surface area contributed by atoms with Crippen LogP contribution in [-0.4, -0.2) is 20.7 Å². The van der Waals surface area contributed by atoms with Crippen LogP contribution in [0.2, 0.25) is 0 Å². The standard InChI is InChI=1S/C7H12N2O2S/c1-9-12(10,11)7-4-6(5-7)2-3-8/h6-7,9H,2,4-5H2,1H3/t6-,7+.